The Labute approximate surface area is 240 Å². The predicted molar refractivity (Wildman–Crippen MR) is 138 cm³/mol. The zero-order valence-corrected chi connectivity index (χ0v) is 24.0. The summed E-state index contributed by atoms with van der Waals surface area (Å²) in [7, 11) is 0. The van der Waals surface area contributed by atoms with Gasteiger partial charge in [-0.3, -0.25) is 10.1 Å². The maximum atomic E-state index is 14.3. The molecule has 17 heteroatoms. The number of rotatable bonds is 9. The number of amides is 1. The lowest BCUT2D eigenvalue weighted by Crippen LogP contribution is -2.38. The number of thiazole rings is 1. The normalized spacial score (nSPS) is 18.8. The highest BCUT2D eigenvalue weighted by atomic mass is 32.1. The van der Waals surface area contributed by atoms with Crippen LogP contribution in [0.15, 0.2) is 12.3 Å². The van der Waals surface area contributed by atoms with Crippen LogP contribution >= 0.6 is 11.3 Å². The van der Waals surface area contributed by atoms with Crippen molar-refractivity contribution in [1.29, 1.82) is 0 Å². The Morgan fingerprint density at radius 1 is 1.17 bits per heavy atom. The van der Waals surface area contributed by atoms with Gasteiger partial charge in [0.15, 0.2) is 6.23 Å². The van der Waals surface area contributed by atoms with Gasteiger partial charge in [0.05, 0.1) is 28.0 Å². The molecule has 42 heavy (non-hydrogen) atoms. The Balaban J connectivity index is 2.10. The van der Waals surface area contributed by atoms with Crippen LogP contribution in [-0.4, -0.2) is 74.4 Å². The fourth-order valence-corrected chi connectivity index (χ4v) is 5.06. The van der Waals surface area contributed by atoms with Crippen molar-refractivity contribution in [2.45, 2.75) is 77.2 Å². The lowest BCUT2D eigenvalue weighted by Gasteiger charge is -2.28. The van der Waals surface area contributed by atoms with Gasteiger partial charge in [-0.15, -0.1) is 11.3 Å². The van der Waals surface area contributed by atoms with Crippen LogP contribution in [0.4, 0.5) is 40.9 Å². The van der Waals surface area contributed by atoms with E-state index >= 15 is 0 Å². The summed E-state index contributed by atoms with van der Waals surface area (Å²) in [6, 6.07) is -0.502. The van der Waals surface area contributed by atoms with E-state index in [9.17, 15) is 50.1 Å². The van der Waals surface area contributed by atoms with Crippen LogP contribution in [0.2, 0.25) is 0 Å². The van der Waals surface area contributed by atoms with Gasteiger partial charge in [0, 0.05) is 37.3 Å². The van der Waals surface area contributed by atoms with Gasteiger partial charge in [-0.05, 0) is 40.7 Å². The Hall–Kier alpha value is -2.63. The quantitative estimate of drug-likeness (QED) is 0.215. The largest absolute Gasteiger partial charge is 0.417 e. The maximum absolute atomic E-state index is 14.3. The number of nitrogens with zero attached hydrogens (tertiary/aromatic N) is 3. The first kappa shape index (κ1) is 33.9. The van der Waals surface area contributed by atoms with Crippen molar-refractivity contribution < 1.29 is 50.1 Å². The molecule has 0 saturated carbocycles. The summed E-state index contributed by atoms with van der Waals surface area (Å²) in [5, 5.41) is 25.0. The van der Waals surface area contributed by atoms with Gasteiger partial charge in [0.1, 0.15) is 16.5 Å². The van der Waals surface area contributed by atoms with Gasteiger partial charge in [-0.1, -0.05) is 0 Å². The van der Waals surface area contributed by atoms with Crippen molar-refractivity contribution in [3.63, 3.8) is 0 Å². The van der Waals surface area contributed by atoms with Crippen LogP contribution in [-0.2, 0) is 6.18 Å². The Bertz CT molecular complexity index is 1290. The second-order valence-electron chi connectivity index (χ2n) is 11.5. The third-order valence-corrected chi connectivity index (χ3v) is 7.67. The van der Waals surface area contributed by atoms with Crippen LogP contribution in [0.1, 0.15) is 68.3 Å². The third-order valence-electron chi connectivity index (χ3n) is 6.53. The minimum atomic E-state index is -5.09. The van der Waals surface area contributed by atoms with Crippen molar-refractivity contribution in [2.24, 2.45) is 5.41 Å². The summed E-state index contributed by atoms with van der Waals surface area (Å²) in [6.45, 7) is 3.90. The minimum absolute atomic E-state index is 0.189. The molecule has 1 unspecified atom stereocenters. The molecule has 2 atom stereocenters. The van der Waals surface area contributed by atoms with Gasteiger partial charge >= 0.3 is 12.4 Å². The molecule has 2 aromatic heterocycles. The number of aliphatic hydroxyl groups excluding tert-OH is 1. The van der Waals surface area contributed by atoms with Crippen LogP contribution in [0.3, 0.4) is 0 Å². The number of aliphatic hydroxyl groups is 2. The summed E-state index contributed by atoms with van der Waals surface area (Å²) < 4.78 is 111. The fourth-order valence-electron chi connectivity index (χ4n) is 4.01. The van der Waals surface area contributed by atoms with Crippen molar-refractivity contribution in [1.82, 2.24) is 20.2 Å². The number of nitrogens with one attached hydrogen (secondary N) is 2. The van der Waals surface area contributed by atoms with E-state index in [1.807, 2.05) is 0 Å². The minimum Gasteiger partial charge on any atom is -0.389 e. The molecule has 0 bridgehead atoms. The number of hydrogen-bond donors (Lipinski definition) is 4. The number of anilines is 1. The van der Waals surface area contributed by atoms with E-state index in [2.05, 4.69) is 20.6 Å². The van der Waals surface area contributed by atoms with Crippen molar-refractivity contribution >= 4 is 23.1 Å². The molecule has 0 spiro atoms. The van der Waals surface area contributed by atoms with Crippen LogP contribution in [0.5, 0.6) is 0 Å². The fraction of sp³-hybridized carbons (Fsp3) is 0.640. The Morgan fingerprint density at radius 3 is 2.29 bits per heavy atom. The Kier molecular flexibility index (Phi) is 9.24. The van der Waals surface area contributed by atoms with Crippen molar-refractivity contribution in [3.8, 4) is 10.4 Å². The first-order valence-corrected chi connectivity index (χ1v) is 13.4. The first-order chi connectivity index (χ1) is 18.9. The highest BCUT2D eigenvalue weighted by Gasteiger charge is 2.48. The van der Waals surface area contributed by atoms with E-state index in [1.165, 1.54) is 20.8 Å². The van der Waals surface area contributed by atoms with E-state index in [4.69, 9.17) is 0 Å². The second-order valence-corrected chi connectivity index (χ2v) is 12.5. The molecule has 3 heterocycles. The molecule has 1 fully saturated rings. The molecule has 3 rings (SSSR count). The Morgan fingerprint density at radius 2 is 1.79 bits per heavy atom. The van der Waals surface area contributed by atoms with Crippen LogP contribution in [0, 0.1) is 5.41 Å². The van der Waals surface area contributed by atoms with Crippen molar-refractivity contribution in [3.05, 3.63) is 28.5 Å². The van der Waals surface area contributed by atoms with Gasteiger partial charge in [0.2, 0.25) is 0 Å². The third kappa shape index (κ3) is 7.85. The second kappa shape index (κ2) is 11.5. The number of pyridine rings is 1. The SMILES string of the molecule is C[C@H]1CC(F)(F)CN1C(=O)c1nc(C(O)NCC(C)(C)O)sc1-c1cnc(NCC(C)(C)C(F)(F)F)cc1C(F)(F)F. The first-order valence-electron chi connectivity index (χ1n) is 12.6. The molecule has 1 amide bonds. The molecule has 236 valence electrons. The molecule has 1 saturated heterocycles. The average Bonchev–Trinajstić information content (AvgIpc) is 3.39. The molecule has 2 aromatic rings. The molecule has 1 aliphatic rings. The molecule has 0 aromatic carbocycles. The van der Waals surface area contributed by atoms with Crippen molar-refractivity contribution in [2.75, 3.05) is 25.0 Å². The van der Waals surface area contributed by atoms with Gasteiger partial charge in [-0.2, -0.15) is 26.3 Å². The topological polar surface area (TPSA) is 111 Å². The molecule has 4 N–H and O–H groups in total. The lowest BCUT2D eigenvalue weighted by atomic mass is 9.93. The van der Waals surface area contributed by atoms with Gasteiger partial charge in [-0.25, -0.2) is 18.7 Å². The van der Waals surface area contributed by atoms with Crippen LogP contribution in [0.25, 0.3) is 10.4 Å². The standard InChI is InChI=1S/C25H31F8N5O3S/c1-12-7-23(26,27)11-38(12)20(40)16-17(42-19(37-16)18(39)36-10-22(4,5)41)13-8-34-15(6-14(13)24(28,29)30)35-9-21(2,3)25(31,32)33/h6,8,12,18,36,39,41H,7,9-11H2,1-5H3,(H,34,35)/t12-,18?/m0/s1. The molecule has 1 aliphatic heterocycles. The number of aromatic nitrogens is 2. The lowest BCUT2D eigenvalue weighted by molar-refractivity contribution is -0.206. The van der Waals surface area contributed by atoms with E-state index in [-0.39, 0.29) is 11.6 Å². The summed E-state index contributed by atoms with van der Waals surface area (Å²) in [6.07, 6.45) is -11.4. The highest BCUT2D eigenvalue weighted by Crippen LogP contribution is 2.44. The molecule has 0 radical (unpaired) electrons. The molecule has 0 aliphatic carbocycles. The zero-order valence-electron chi connectivity index (χ0n) is 23.2. The maximum Gasteiger partial charge on any atom is 0.417 e. The summed E-state index contributed by atoms with van der Waals surface area (Å²) in [5.74, 6) is -4.87. The van der Waals surface area contributed by atoms with E-state index in [0.717, 1.165) is 18.7 Å². The number of likely N-dealkylation sites (tertiary alicyclic amines) is 1. The molecular formula is C25H31F8N5O3S. The average molecular weight is 634 g/mol. The van der Waals surface area contributed by atoms with E-state index < -0.39 is 94.5 Å². The van der Waals surface area contributed by atoms with E-state index in [1.54, 1.807) is 0 Å². The summed E-state index contributed by atoms with van der Waals surface area (Å²) in [5.41, 5.74) is -6.34. The van der Waals surface area contributed by atoms with Crippen LogP contribution < -0.4 is 10.6 Å². The highest BCUT2D eigenvalue weighted by molar-refractivity contribution is 7.15. The summed E-state index contributed by atoms with van der Waals surface area (Å²) in [4.78, 5) is 21.6. The number of hydrogen-bond acceptors (Lipinski definition) is 8. The smallest absolute Gasteiger partial charge is 0.389 e. The zero-order chi connectivity index (χ0) is 32.1. The number of carbonyl (C=O) groups excluding carboxylic acids is 1. The van der Waals surface area contributed by atoms with Gasteiger partial charge in [0.25, 0.3) is 11.8 Å². The predicted octanol–water partition coefficient (Wildman–Crippen LogP) is 5.45. The monoisotopic (exact) mass is 633 g/mol. The molecular weight excluding hydrogens is 602 g/mol. The number of carbonyl (C=O) groups is 1. The summed E-state index contributed by atoms with van der Waals surface area (Å²) >= 11 is 0.467. The van der Waals surface area contributed by atoms with Gasteiger partial charge < -0.3 is 20.4 Å². The number of alkyl halides is 8. The molecule has 8 nitrogen and oxygen atoms in total. The van der Waals surface area contributed by atoms with E-state index in [0.29, 0.717) is 23.6 Å². The number of halogens is 8.